The summed E-state index contributed by atoms with van der Waals surface area (Å²) in [4.78, 5) is 26.0. The van der Waals surface area contributed by atoms with E-state index in [1.165, 1.54) is 5.56 Å². The van der Waals surface area contributed by atoms with Gasteiger partial charge in [-0.25, -0.2) is 0 Å². The first kappa shape index (κ1) is 14.6. The second kappa shape index (κ2) is 6.18. The minimum Gasteiger partial charge on any atom is -0.481 e. The van der Waals surface area contributed by atoms with Crippen LogP contribution < -0.4 is 0 Å². The smallest absolute Gasteiger partial charge is 0.306 e. The summed E-state index contributed by atoms with van der Waals surface area (Å²) in [6, 6.07) is 2.44. The molecule has 2 aliphatic rings. The molecule has 1 aromatic rings. The molecule has 3 rings (SSSR count). The number of hydrogen-bond acceptors (Lipinski definition) is 3. The van der Waals surface area contributed by atoms with Gasteiger partial charge in [-0.05, 0) is 54.5 Å². The molecule has 4 nitrogen and oxygen atoms in total. The second-order valence-corrected chi connectivity index (χ2v) is 7.01. The van der Waals surface area contributed by atoms with Crippen LogP contribution >= 0.6 is 11.3 Å². The largest absolute Gasteiger partial charge is 0.481 e. The molecule has 2 unspecified atom stereocenters. The predicted molar refractivity (Wildman–Crippen MR) is 81.0 cm³/mol. The molecule has 0 bridgehead atoms. The predicted octanol–water partition coefficient (Wildman–Crippen LogP) is 3.13. The van der Waals surface area contributed by atoms with E-state index < -0.39 is 5.97 Å². The fourth-order valence-corrected chi connectivity index (χ4v) is 3.89. The van der Waals surface area contributed by atoms with Gasteiger partial charge < -0.3 is 10.0 Å². The van der Waals surface area contributed by atoms with Crippen LogP contribution in [0.3, 0.4) is 0 Å². The minimum atomic E-state index is -0.747. The third-order valence-corrected chi connectivity index (χ3v) is 5.31. The fraction of sp³-hybridized carbons (Fsp3) is 0.625. The van der Waals surface area contributed by atoms with Crippen molar-refractivity contribution in [3.63, 3.8) is 0 Å². The average Bonchev–Trinajstić information content (AvgIpc) is 3.20. The monoisotopic (exact) mass is 307 g/mol. The SMILES string of the molecule is O=C(O)C1CCCC(C(=O)N(Cc2ccsc2)C2CC2)C1. The van der Waals surface area contributed by atoms with E-state index in [2.05, 4.69) is 11.4 Å². The molecule has 1 N–H and O–H groups in total. The molecule has 1 aromatic heterocycles. The van der Waals surface area contributed by atoms with Gasteiger partial charge in [0, 0.05) is 18.5 Å². The summed E-state index contributed by atoms with van der Waals surface area (Å²) in [5.41, 5.74) is 1.19. The van der Waals surface area contributed by atoms with Crippen LogP contribution in [-0.4, -0.2) is 27.9 Å². The number of amides is 1. The van der Waals surface area contributed by atoms with Gasteiger partial charge in [-0.15, -0.1) is 0 Å². The lowest BCUT2D eigenvalue weighted by Gasteiger charge is -2.31. The van der Waals surface area contributed by atoms with E-state index in [4.69, 9.17) is 0 Å². The normalized spacial score (nSPS) is 25.5. The Kier molecular flexibility index (Phi) is 4.29. The molecule has 1 amide bonds. The van der Waals surface area contributed by atoms with Crippen molar-refractivity contribution in [1.29, 1.82) is 0 Å². The summed E-state index contributed by atoms with van der Waals surface area (Å²) in [5, 5.41) is 13.3. The Balaban J connectivity index is 1.67. The van der Waals surface area contributed by atoms with Crippen molar-refractivity contribution in [1.82, 2.24) is 4.90 Å². The molecule has 1 heterocycles. The first-order chi connectivity index (χ1) is 10.1. The second-order valence-electron chi connectivity index (χ2n) is 6.23. The van der Waals surface area contributed by atoms with E-state index in [1.807, 2.05) is 10.3 Å². The number of thiophene rings is 1. The van der Waals surface area contributed by atoms with Gasteiger partial charge in [0.1, 0.15) is 0 Å². The van der Waals surface area contributed by atoms with Crippen LogP contribution in [0.5, 0.6) is 0 Å². The zero-order valence-corrected chi connectivity index (χ0v) is 12.8. The molecule has 0 saturated heterocycles. The highest BCUT2D eigenvalue weighted by Crippen LogP contribution is 2.35. The van der Waals surface area contributed by atoms with Gasteiger partial charge in [-0.2, -0.15) is 11.3 Å². The summed E-state index contributed by atoms with van der Waals surface area (Å²) >= 11 is 1.65. The molecule has 0 spiro atoms. The molecule has 0 aromatic carbocycles. The van der Waals surface area contributed by atoms with Crippen molar-refractivity contribution in [2.24, 2.45) is 11.8 Å². The van der Waals surface area contributed by atoms with Gasteiger partial charge in [-0.1, -0.05) is 6.42 Å². The van der Waals surface area contributed by atoms with Crippen molar-refractivity contribution < 1.29 is 14.7 Å². The molecule has 2 atom stereocenters. The van der Waals surface area contributed by atoms with Gasteiger partial charge in [-0.3, -0.25) is 9.59 Å². The molecular formula is C16H21NO3S. The Hall–Kier alpha value is -1.36. The van der Waals surface area contributed by atoms with Gasteiger partial charge in [0.05, 0.1) is 5.92 Å². The van der Waals surface area contributed by atoms with Crippen LogP contribution in [0.4, 0.5) is 0 Å². The number of carbonyl (C=O) groups is 2. The van der Waals surface area contributed by atoms with Gasteiger partial charge in [0.15, 0.2) is 0 Å². The lowest BCUT2D eigenvalue weighted by molar-refractivity contribution is -0.145. The lowest BCUT2D eigenvalue weighted by atomic mass is 9.80. The molecule has 2 fully saturated rings. The zero-order chi connectivity index (χ0) is 14.8. The Labute approximate surface area is 128 Å². The lowest BCUT2D eigenvalue weighted by Crippen LogP contribution is -2.40. The van der Waals surface area contributed by atoms with Crippen LogP contribution in [0.1, 0.15) is 44.1 Å². The number of carboxylic acid groups (broad SMARTS) is 1. The number of nitrogens with zero attached hydrogens (tertiary/aromatic N) is 1. The average molecular weight is 307 g/mol. The summed E-state index contributed by atoms with van der Waals surface area (Å²) in [6.45, 7) is 0.682. The maximum absolute atomic E-state index is 12.8. The zero-order valence-electron chi connectivity index (χ0n) is 12.0. The van der Waals surface area contributed by atoms with Crippen molar-refractivity contribution in [3.8, 4) is 0 Å². The van der Waals surface area contributed by atoms with Crippen LogP contribution in [-0.2, 0) is 16.1 Å². The topological polar surface area (TPSA) is 57.6 Å². The summed E-state index contributed by atoms with van der Waals surface area (Å²) in [6.07, 6.45) is 5.10. The fourth-order valence-electron chi connectivity index (χ4n) is 3.23. The highest BCUT2D eigenvalue weighted by atomic mass is 32.1. The van der Waals surface area contributed by atoms with Crippen LogP contribution in [0.2, 0.25) is 0 Å². The molecule has 114 valence electrons. The third-order valence-electron chi connectivity index (χ3n) is 4.58. The van der Waals surface area contributed by atoms with E-state index in [0.717, 1.165) is 25.7 Å². The Bertz CT molecular complexity index is 510. The Morgan fingerprint density at radius 3 is 2.62 bits per heavy atom. The molecule has 0 aliphatic heterocycles. The number of hydrogen-bond donors (Lipinski definition) is 1. The first-order valence-corrected chi connectivity index (χ1v) is 8.64. The molecule has 2 saturated carbocycles. The number of aliphatic carboxylic acids is 1. The highest BCUT2D eigenvalue weighted by molar-refractivity contribution is 7.07. The van der Waals surface area contributed by atoms with Gasteiger partial charge in [0.25, 0.3) is 0 Å². The van der Waals surface area contributed by atoms with Crippen molar-refractivity contribution in [2.75, 3.05) is 0 Å². The van der Waals surface area contributed by atoms with Crippen molar-refractivity contribution >= 4 is 23.2 Å². The first-order valence-electron chi connectivity index (χ1n) is 7.69. The van der Waals surface area contributed by atoms with Gasteiger partial charge in [0.2, 0.25) is 5.91 Å². The highest BCUT2D eigenvalue weighted by Gasteiger charge is 2.38. The maximum atomic E-state index is 12.8. The molecular weight excluding hydrogens is 286 g/mol. The van der Waals surface area contributed by atoms with Crippen LogP contribution in [0, 0.1) is 11.8 Å². The molecule has 0 radical (unpaired) electrons. The van der Waals surface area contributed by atoms with Crippen molar-refractivity contribution in [2.45, 2.75) is 51.1 Å². The Morgan fingerprint density at radius 1 is 1.24 bits per heavy atom. The number of carbonyl (C=O) groups excluding carboxylic acids is 1. The summed E-state index contributed by atoms with van der Waals surface area (Å²) in [5.74, 6) is -1.01. The minimum absolute atomic E-state index is 0.0981. The van der Waals surface area contributed by atoms with E-state index in [1.54, 1.807) is 11.3 Å². The van der Waals surface area contributed by atoms with Gasteiger partial charge >= 0.3 is 5.97 Å². The summed E-state index contributed by atoms with van der Waals surface area (Å²) < 4.78 is 0. The molecule has 5 heteroatoms. The Morgan fingerprint density at radius 2 is 2.00 bits per heavy atom. The molecule has 21 heavy (non-hydrogen) atoms. The van der Waals surface area contributed by atoms with E-state index >= 15 is 0 Å². The quantitative estimate of drug-likeness (QED) is 0.909. The summed E-state index contributed by atoms with van der Waals surface area (Å²) in [7, 11) is 0. The van der Waals surface area contributed by atoms with Crippen molar-refractivity contribution in [3.05, 3.63) is 22.4 Å². The standard InChI is InChI=1S/C16H21NO3S/c18-15(12-2-1-3-13(8-12)16(19)20)17(14-4-5-14)9-11-6-7-21-10-11/h6-7,10,12-14H,1-5,8-9H2,(H,19,20). The maximum Gasteiger partial charge on any atom is 0.306 e. The number of rotatable bonds is 5. The van der Waals surface area contributed by atoms with Crippen LogP contribution in [0.25, 0.3) is 0 Å². The van der Waals surface area contributed by atoms with E-state index in [0.29, 0.717) is 25.4 Å². The third kappa shape index (κ3) is 3.46. The molecule has 2 aliphatic carbocycles. The van der Waals surface area contributed by atoms with Crippen LogP contribution in [0.15, 0.2) is 16.8 Å². The van der Waals surface area contributed by atoms with E-state index in [-0.39, 0.29) is 17.7 Å². The number of carboxylic acids is 1. The van der Waals surface area contributed by atoms with E-state index in [9.17, 15) is 14.7 Å².